The quantitative estimate of drug-likeness (QED) is 0.947. The predicted molar refractivity (Wildman–Crippen MR) is 84.7 cm³/mol. The molecular formula is C18H19NO3. The Morgan fingerprint density at radius 1 is 1.18 bits per heavy atom. The number of anilines is 1. The monoisotopic (exact) mass is 297 g/mol. The largest absolute Gasteiger partial charge is 0.444 e. The highest BCUT2D eigenvalue weighted by molar-refractivity contribution is 5.92. The van der Waals surface area contributed by atoms with Crippen LogP contribution in [0.4, 0.5) is 10.5 Å². The van der Waals surface area contributed by atoms with Gasteiger partial charge >= 0.3 is 6.09 Å². The number of benzene rings is 2. The zero-order valence-corrected chi connectivity index (χ0v) is 12.5. The number of aliphatic hydroxyl groups is 1. The number of rotatable bonds is 3. The number of ether oxygens (including phenoxy) is 1. The van der Waals surface area contributed by atoms with Crippen LogP contribution < -0.4 is 4.90 Å². The lowest BCUT2D eigenvalue weighted by atomic mass is 9.98. The topological polar surface area (TPSA) is 49.8 Å². The van der Waals surface area contributed by atoms with Crippen LogP contribution in [0.3, 0.4) is 0 Å². The molecule has 0 spiro atoms. The summed E-state index contributed by atoms with van der Waals surface area (Å²) in [5, 5.41) is 9.75. The summed E-state index contributed by atoms with van der Waals surface area (Å²) in [6.45, 7) is 1.98. The number of fused-ring (bicyclic) bond motifs is 1. The number of nitrogens with zero attached hydrogens (tertiary/aromatic N) is 1. The number of para-hydroxylation sites is 1. The van der Waals surface area contributed by atoms with Crippen LogP contribution in [-0.4, -0.2) is 23.3 Å². The van der Waals surface area contributed by atoms with Crippen molar-refractivity contribution < 1.29 is 14.6 Å². The molecule has 114 valence electrons. The number of hydrogen-bond acceptors (Lipinski definition) is 3. The van der Waals surface area contributed by atoms with E-state index in [9.17, 15) is 9.90 Å². The van der Waals surface area contributed by atoms with E-state index in [1.165, 1.54) is 0 Å². The summed E-state index contributed by atoms with van der Waals surface area (Å²) in [5.74, 6) is 0. The van der Waals surface area contributed by atoms with Crippen LogP contribution in [0.2, 0.25) is 0 Å². The van der Waals surface area contributed by atoms with Crippen molar-refractivity contribution in [1.82, 2.24) is 0 Å². The first kappa shape index (κ1) is 14.6. The maximum absolute atomic E-state index is 12.5. The van der Waals surface area contributed by atoms with E-state index in [0.29, 0.717) is 6.42 Å². The molecule has 22 heavy (non-hydrogen) atoms. The summed E-state index contributed by atoms with van der Waals surface area (Å²) in [4.78, 5) is 14.1. The molecule has 0 aromatic heterocycles. The molecule has 0 aliphatic carbocycles. The summed E-state index contributed by atoms with van der Waals surface area (Å²) in [5.41, 5.74) is 2.15. The third-order valence-corrected chi connectivity index (χ3v) is 4.07. The zero-order chi connectivity index (χ0) is 15.6. The Bertz CT molecular complexity index is 671. The van der Waals surface area contributed by atoms with Gasteiger partial charge in [0.1, 0.15) is 6.61 Å². The molecule has 1 N–H and O–H groups in total. The fraction of sp³-hybridized carbons (Fsp3) is 0.278. The summed E-state index contributed by atoms with van der Waals surface area (Å²) in [7, 11) is 0. The Morgan fingerprint density at radius 3 is 2.59 bits per heavy atom. The van der Waals surface area contributed by atoms with Crippen molar-refractivity contribution in [3.63, 3.8) is 0 Å². The lowest BCUT2D eigenvalue weighted by Crippen LogP contribution is -2.50. The molecule has 1 aliphatic rings. The van der Waals surface area contributed by atoms with E-state index in [2.05, 4.69) is 0 Å². The summed E-state index contributed by atoms with van der Waals surface area (Å²) < 4.78 is 5.44. The van der Waals surface area contributed by atoms with Crippen LogP contribution in [0.5, 0.6) is 0 Å². The molecule has 0 radical (unpaired) electrons. The molecule has 0 bridgehead atoms. The Kier molecular flexibility index (Phi) is 3.86. The molecule has 1 amide bonds. The fourth-order valence-electron chi connectivity index (χ4n) is 2.89. The van der Waals surface area contributed by atoms with Crippen molar-refractivity contribution in [3.05, 3.63) is 65.7 Å². The van der Waals surface area contributed by atoms with Crippen molar-refractivity contribution in [2.24, 2.45) is 0 Å². The van der Waals surface area contributed by atoms with Gasteiger partial charge in [0.15, 0.2) is 0 Å². The second kappa shape index (κ2) is 5.81. The van der Waals surface area contributed by atoms with Gasteiger partial charge < -0.3 is 9.84 Å². The maximum atomic E-state index is 12.5. The Hall–Kier alpha value is -2.33. The van der Waals surface area contributed by atoms with Crippen LogP contribution in [0, 0.1) is 0 Å². The second-order valence-corrected chi connectivity index (χ2v) is 5.84. The molecule has 0 saturated heterocycles. The smallest absolute Gasteiger partial charge is 0.415 e. The van der Waals surface area contributed by atoms with Gasteiger partial charge in [0.25, 0.3) is 0 Å². The standard InChI is InChI=1S/C18H19NO3/c1-18(13-20)11-15-9-5-6-10-16(15)19(18)17(21)22-12-14-7-3-2-4-8-14/h2-10,20H,11-13H2,1H3. The van der Waals surface area contributed by atoms with Gasteiger partial charge in [0.05, 0.1) is 17.8 Å². The minimum absolute atomic E-state index is 0.109. The van der Waals surface area contributed by atoms with Gasteiger partial charge in [-0.1, -0.05) is 48.5 Å². The molecule has 0 fully saturated rings. The third-order valence-electron chi connectivity index (χ3n) is 4.07. The summed E-state index contributed by atoms with van der Waals surface area (Å²) in [6, 6.07) is 17.3. The van der Waals surface area contributed by atoms with Crippen LogP contribution in [0.1, 0.15) is 18.1 Å². The van der Waals surface area contributed by atoms with Crippen LogP contribution in [0.25, 0.3) is 0 Å². The van der Waals surface area contributed by atoms with Gasteiger partial charge in [-0.15, -0.1) is 0 Å². The highest BCUT2D eigenvalue weighted by atomic mass is 16.6. The molecule has 0 saturated carbocycles. The van der Waals surface area contributed by atoms with E-state index in [1.54, 1.807) is 4.90 Å². The zero-order valence-electron chi connectivity index (χ0n) is 12.5. The lowest BCUT2D eigenvalue weighted by Gasteiger charge is -2.33. The molecule has 4 heteroatoms. The van der Waals surface area contributed by atoms with Crippen molar-refractivity contribution in [2.45, 2.75) is 25.5 Å². The molecule has 2 aromatic carbocycles. The first-order chi connectivity index (χ1) is 10.6. The molecule has 1 atom stereocenters. The van der Waals surface area contributed by atoms with Crippen LogP contribution in [-0.2, 0) is 17.8 Å². The average molecular weight is 297 g/mol. The van der Waals surface area contributed by atoms with Gasteiger partial charge in [-0.25, -0.2) is 4.79 Å². The van der Waals surface area contributed by atoms with Gasteiger partial charge in [-0.05, 0) is 24.1 Å². The average Bonchev–Trinajstić information content (AvgIpc) is 2.86. The number of carbonyl (C=O) groups excluding carboxylic acids is 1. The highest BCUT2D eigenvalue weighted by Gasteiger charge is 2.43. The van der Waals surface area contributed by atoms with Gasteiger partial charge in [0, 0.05) is 6.42 Å². The summed E-state index contributed by atoms with van der Waals surface area (Å²) in [6.07, 6.45) is 0.200. The normalized spacial score (nSPS) is 19.8. The first-order valence-electron chi connectivity index (χ1n) is 7.34. The number of aliphatic hydroxyl groups excluding tert-OH is 1. The van der Waals surface area contributed by atoms with Crippen molar-refractivity contribution >= 4 is 11.8 Å². The molecular weight excluding hydrogens is 278 g/mol. The van der Waals surface area contributed by atoms with Gasteiger partial charge in [0.2, 0.25) is 0 Å². The van der Waals surface area contributed by atoms with E-state index in [4.69, 9.17) is 4.74 Å². The lowest BCUT2D eigenvalue weighted by molar-refractivity contribution is 0.131. The minimum atomic E-state index is -0.655. The van der Waals surface area contributed by atoms with Crippen LogP contribution in [0.15, 0.2) is 54.6 Å². The molecule has 4 nitrogen and oxygen atoms in total. The highest BCUT2D eigenvalue weighted by Crippen LogP contribution is 2.39. The first-order valence-corrected chi connectivity index (χ1v) is 7.34. The van der Waals surface area contributed by atoms with E-state index in [-0.39, 0.29) is 13.2 Å². The number of carbonyl (C=O) groups is 1. The Morgan fingerprint density at radius 2 is 1.86 bits per heavy atom. The molecule has 1 unspecified atom stereocenters. The van der Waals surface area contributed by atoms with Crippen LogP contribution >= 0.6 is 0 Å². The van der Waals surface area contributed by atoms with E-state index in [1.807, 2.05) is 61.5 Å². The van der Waals surface area contributed by atoms with Crippen molar-refractivity contribution in [2.75, 3.05) is 11.5 Å². The number of hydrogen-bond donors (Lipinski definition) is 1. The van der Waals surface area contributed by atoms with E-state index >= 15 is 0 Å². The third kappa shape index (κ3) is 2.57. The minimum Gasteiger partial charge on any atom is -0.444 e. The molecule has 3 rings (SSSR count). The van der Waals surface area contributed by atoms with Gasteiger partial charge in [-0.3, -0.25) is 4.90 Å². The van der Waals surface area contributed by atoms with Crippen molar-refractivity contribution in [1.29, 1.82) is 0 Å². The van der Waals surface area contributed by atoms with Crippen molar-refractivity contribution in [3.8, 4) is 0 Å². The predicted octanol–water partition coefficient (Wildman–Crippen LogP) is 3.14. The Labute approximate surface area is 130 Å². The SMILES string of the molecule is CC1(CO)Cc2ccccc2N1C(=O)OCc1ccccc1. The molecule has 2 aromatic rings. The molecule has 1 aliphatic heterocycles. The second-order valence-electron chi connectivity index (χ2n) is 5.84. The summed E-state index contributed by atoms with van der Waals surface area (Å²) >= 11 is 0. The number of amides is 1. The fourth-order valence-corrected chi connectivity index (χ4v) is 2.89. The van der Waals surface area contributed by atoms with E-state index < -0.39 is 11.6 Å². The maximum Gasteiger partial charge on any atom is 0.415 e. The Balaban J connectivity index is 1.80. The van der Waals surface area contributed by atoms with Gasteiger partial charge in [-0.2, -0.15) is 0 Å². The molecule has 1 heterocycles. The van der Waals surface area contributed by atoms with E-state index in [0.717, 1.165) is 16.8 Å².